The topological polar surface area (TPSA) is 37.3 Å². The van der Waals surface area contributed by atoms with Crippen LogP contribution in [0, 0.1) is 34.5 Å². The normalized spacial score (nSPS) is 57.9. The van der Waals surface area contributed by atoms with Gasteiger partial charge in [0.05, 0.1) is 6.10 Å². The monoisotopic (exact) mass is 368 g/mol. The molecule has 2 nitrogen and oxygen atoms in total. The van der Waals surface area contributed by atoms with Crippen LogP contribution in [-0.4, -0.2) is 21.8 Å². The lowest BCUT2D eigenvalue weighted by Crippen LogP contribution is -2.54. The maximum atomic E-state index is 11.9. The Kier molecular flexibility index (Phi) is 3.59. The van der Waals surface area contributed by atoms with E-state index in [4.69, 9.17) is 0 Å². The second kappa shape index (κ2) is 5.05. The van der Waals surface area contributed by atoms with Crippen LogP contribution in [0.5, 0.6) is 0 Å². The van der Waals surface area contributed by atoms with Gasteiger partial charge in [-0.05, 0) is 73.0 Å². The number of carbonyl (C=O) groups is 1. The van der Waals surface area contributed by atoms with Crippen molar-refractivity contribution in [3.8, 4) is 0 Å². The van der Waals surface area contributed by atoms with E-state index in [1.165, 1.54) is 25.7 Å². The van der Waals surface area contributed by atoms with Gasteiger partial charge in [-0.3, -0.25) is 4.79 Å². The summed E-state index contributed by atoms with van der Waals surface area (Å²) >= 11 is 3.74. The molecule has 0 aromatic heterocycles. The quantitative estimate of drug-likeness (QED) is 0.646. The average Bonchev–Trinajstić information content (AvgIpc) is 2.72. The van der Waals surface area contributed by atoms with Gasteiger partial charge in [-0.2, -0.15) is 0 Å². The summed E-state index contributed by atoms with van der Waals surface area (Å²) in [6.07, 6.45) is 8.65. The Morgan fingerprint density at radius 2 is 1.86 bits per heavy atom. The van der Waals surface area contributed by atoms with Crippen LogP contribution in [0.2, 0.25) is 0 Å². The Bertz CT molecular complexity index is 492. The van der Waals surface area contributed by atoms with Crippen molar-refractivity contribution in [1.29, 1.82) is 0 Å². The molecule has 3 heteroatoms. The molecule has 0 bridgehead atoms. The van der Waals surface area contributed by atoms with Crippen molar-refractivity contribution in [2.45, 2.75) is 76.1 Å². The predicted octanol–water partition coefficient (Wildman–Crippen LogP) is 4.33. The van der Waals surface area contributed by atoms with Gasteiger partial charge in [0.2, 0.25) is 0 Å². The van der Waals surface area contributed by atoms with E-state index in [9.17, 15) is 9.90 Å². The van der Waals surface area contributed by atoms with E-state index in [-0.39, 0.29) is 16.3 Å². The minimum absolute atomic E-state index is 0.114. The van der Waals surface area contributed by atoms with Crippen LogP contribution in [0.15, 0.2) is 0 Å². The first-order valence-corrected chi connectivity index (χ1v) is 10.1. The lowest BCUT2D eigenvalue weighted by molar-refractivity contribution is -0.141. The number of hydrogen-bond acceptors (Lipinski definition) is 2. The Balaban J connectivity index is 1.64. The minimum Gasteiger partial charge on any atom is -0.391 e. The third-order valence-corrected chi connectivity index (χ3v) is 9.29. The highest BCUT2D eigenvalue weighted by atomic mass is 79.9. The van der Waals surface area contributed by atoms with Crippen LogP contribution in [0.25, 0.3) is 0 Å². The molecule has 4 aliphatic rings. The largest absolute Gasteiger partial charge is 0.391 e. The van der Waals surface area contributed by atoms with Gasteiger partial charge in [-0.15, -0.1) is 0 Å². The maximum absolute atomic E-state index is 11.9. The number of aliphatic hydroxyl groups is 1. The molecule has 124 valence electrons. The van der Waals surface area contributed by atoms with E-state index in [2.05, 4.69) is 29.8 Å². The number of aliphatic hydroxyl groups excluding tert-OH is 1. The summed E-state index contributed by atoms with van der Waals surface area (Å²) in [6, 6.07) is 0. The molecule has 0 saturated heterocycles. The molecule has 8 atom stereocenters. The third-order valence-electron chi connectivity index (χ3n) is 8.42. The molecule has 0 radical (unpaired) electrons. The van der Waals surface area contributed by atoms with Gasteiger partial charge in [0.1, 0.15) is 5.78 Å². The minimum atomic E-state index is -0.183. The Labute approximate surface area is 142 Å². The van der Waals surface area contributed by atoms with E-state index < -0.39 is 0 Å². The molecule has 6 unspecified atom stereocenters. The summed E-state index contributed by atoms with van der Waals surface area (Å²) in [7, 11) is 0. The van der Waals surface area contributed by atoms with Crippen LogP contribution >= 0.6 is 15.9 Å². The summed E-state index contributed by atoms with van der Waals surface area (Å²) in [5, 5.41) is 10.7. The highest BCUT2D eigenvalue weighted by molar-refractivity contribution is 9.09. The second-order valence-corrected chi connectivity index (χ2v) is 10.3. The van der Waals surface area contributed by atoms with E-state index in [0.29, 0.717) is 23.0 Å². The molecule has 0 spiro atoms. The highest BCUT2D eigenvalue weighted by Crippen LogP contribution is 2.66. The summed E-state index contributed by atoms with van der Waals surface area (Å²) in [6.45, 7) is 4.82. The molecule has 1 N–H and O–H groups in total. The summed E-state index contributed by atoms with van der Waals surface area (Å²) in [5.74, 6) is 3.35. The first kappa shape index (κ1) is 15.6. The Hall–Kier alpha value is 0.110. The van der Waals surface area contributed by atoms with Crippen molar-refractivity contribution in [2.75, 3.05) is 0 Å². The fourth-order valence-corrected chi connectivity index (χ4v) is 8.00. The van der Waals surface area contributed by atoms with Gasteiger partial charge in [0.15, 0.2) is 0 Å². The number of alkyl halides is 1. The van der Waals surface area contributed by atoms with Crippen LogP contribution in [0.3, 0.4) is 0 Å². The van der Waals surface area contributed by atoms with Crippen LogP contribution in [0.1, 0.15) is 65.2 Å². The van der Waals surface area contributed by atoms with Gasteiger partial charge in [-0.25, -0.2) is 0 Å². The standard InChI is InChI=1S/C19H29BrO2/c1-18-7-5-12(21)9-11(18)3-4-13-14(18)6-8-19(2)15(13)10-16(20)17(19)22/h11,13-17,22H,3-10H2,1-2H3/t11?,13?,14?,15?,16?,17?,18-,19-/m0/s1. The molecular weight excluding hydrogens is 340 g/mol. The molecule has 0 aliphatic heterocycles. The molecule has 4 saturated carbocycles. The lowest BCUT2D eigenvalue weighted by Gasteiger charge is -2.59. The van der Waals surface area contributed by atoms with E-state index in [1.807, 2.05) is 0 Å². The molecule has 4 aliphatic carbocycles. The number of ketones is 1. The summed E-state index contributed by atoms with van der Waals surface area (Å²) < 4.78 is 0. The van der Waals surface area contributed by atoms with Gasteiger partial charge >= 0.3 is 0 Å². The van der Waals surface area contributed by atoms with Crippen LogP contribution in [-0.2, 0) is 4.79 Å². The number of fused-ring (bicyclic) bond motifs is 5. The smallest absolute Gasteiger partial charge is 0.133 e. The molecule has 0 amide bonds. The van der Waals surface area contributed by atoms with Crippen LogP contribution < -0.4 is 0 Å². The van der Waals surface area contributed by atoms with Crippen molar-refractivity contribution in [1.82, 2.24) is 0 Å². The summed E-state index contributed by atoms with van der Waals surface area (Å²) in [5.41, 5.74) is 0.497. The molecular formula is C19H29BrO2. The van der Waals surface area contributed by atoms with E-state index in [1.54, 1.807) is 0 Å². The number of hydrogen-bond donors (Lipinski definition) is 1. The zero-order valence-electron chi connectivity index (χ0n) is 13.9. The summed E-state index contributed by atoms with van der Waals surface area (Å²) in [4.78, 5) is 12.2. The van der Waals surface area contributed by atoms with E-state index >= 15 is 0 Å². The Morgan fingerprint density at radius 3 is 2.64 bits per heavy atom. The Morgan fingerprint density at radius 1 is 1.09 bits per heavy atom. The van der Waals surface area contributed by atoms with Gasteiger partial charge in [0, 0.05) is 17.7 Å². The first-order valence-electron chi connectivity index (χ1n) is 9.20. The lowest BCUT2D eigenvalue weighted by atomic mass is 9.45. The van der Waals surface area contributed by atoms with Gasteiger partial charge in [-0.1, -0.05) is 29.8 Å². The highest BCUT2D eigenvalue weighted by Gasteiger charge is 2.61. The average molecular weight is 369 g/mol. The molecule has 0 aromatic carbocycles. The number of rotatable bonds is 0. The fraction of sp³-hybridized carbons (Fsp3) is 0.947. The first-order chi connectivity index (χ1) is 10.4. The van der Waals surface area contributed by atoms with E-state index in [0.717, 1.165) is 37.5 Å². The fourth-order valence-electron chi connectivity index (χ4n) is 6.99. The van der Waals surface area contributed by atoms with Crippen molar-refractivity contribution >= 4 is 21.7 Å². The second-order valence-electron chi connectivity index (χ2n) is 9.14. The SMILES string of the molecule is C[C@]12CCC(=O)CC1CCC1C2CC[C@]2(C)C(O)C(Br)CC12. The molecule has 4 fully saturated rings. The third kappa shape index (κ3) is 1.97. The van der Waals surface area contributed by atoms with Crippen molar-refractivity contribution in [3.63, 3.8) is 0 Å². The zero-order chi connectivity index (χ0) is 15.7. The van der Waals surface area contributed by atoms with Crippen LogP contribution in [0.4, 0.5) is 0 Å². The molecule has 0 heterocycles. The predicted molar refractivity (Wildman–Crippen MR) is 90.8 cm³/mol. The zero-order valence-corrected chi connectivity index (χ0v) is 15.4. The molecule has 0 aromatic rings. The number of carbonyl (C=O) groups excluding carboxylic acids is 1. The maximum Gasteiger partial charge on any atom is 0.133 e. The van der Waals surface area contributed by atoms with Crippen molar-refractivity contribution in [2.24, 2.45) is 34.5 Å². The molecule has 4 rings (SSSR count). The van der Waals surface area contributed by atoms with Crippen molar-refractivity contribution in [3.05, 3.63) is 0 Å². The van der Waals surface area contributed by atoms with Gasteiger partial charge in [0.25, 0.3) is 0 Å². The van der Waals surface area contributed by atoms with Crippen molar-refractivity contribution < 1.29 is 9.90 Å². The molecule has 22 heavy (non-hydrogen) atoms. The van der Waals surface area contributed by atoms with Gasteiger partial charge < -0.3 is 5.11 Å². The number of Topliss-reactive ketones (excluding diaryl/α,β-unsaturated/α-hetero) is 1. The number of halogens is 1.